The van der Waals surface area contributed by atoms with Crippen LogP contribution < -0.4 is 5.32 Å². The van der Waals surface area contributed by atoms with Crippen LogP contribution in [0.3, 0.4) is 0 Å². The number of hydrogen-bond acceptors (Lipinski definition) is 3. The molecule has 2 heterocycles. The Morgan fingerprint density at radius 2 is 2.17 bits per heavy atom. The number of nitrogens with one attached hydrogen (secondary N) is 1. The fourth-order valence-corrected chi connectivity index (χ4v) is 2.70. The molecule has 1 atom stereocenters. The van der Waals surface area contributed by atoms with E-state index in [-0.39, 0.29) is 0 Å². The molecular weight excluding hydrogens is 292 g/mol. The third kappa shape index (κ3) is 2.49. The van der Waals surface area contributed by atoms with Crippen molar-refractivity contribution in [1.82, 2.24) is 10.5 Å². The van der Waals surface area contributed by atoms with Gasteiger partial charge in [0.1, 0.15) is 5.76 Å². The van der Waals surface area contributed by atoms with Gasteiger partial charge in [0.05, 0.1) is 6.20 Å². The largest absolute Gasteiger partial charge is 0.361 e. The lowest BCUT2D eigenvalue weighted by Gasteiger charge is -2.08. The Labute approximate surface area is 115 Å². The zero-order valence-electron chi connectivity index (χ0n) is 10.0. The fourth-order valence-electron chi connectivity index (χ4n) is 2.43. The van der Waals surface area contributed by atoms with Gasteiger partial charge in [0.25, 0.3) is 0 Å². The summed E-state index contributed by atoms with van der Waals surface area (Å²) < 4.78 is 6.49. The van der Waals surface area contributed by atoms with Gasteiger partial charge >= 0.3 is 0 Å². The molecule has 0 spiro atoms. The summed E-state index contributed by atoms with van der Waals surface area (Å²) in [5, 5.41) is 7.44. The Hall–Kier alpha value is -1.13. The Bertz CT molecular complexity index is 515. The zero-order chi connectivity index (χ0) is 12.4. The molecule has 0 saturated carbocycles. The second kappa shape index (κ2) is 5.24. The monoisotopic (exact) mass is 306 g/mol. The van der Waals surface area contributed by atoms with Crippen LogP contribution in [-0.4, -0.2) is 17.7 Å². The van der Waals surface area contributed by atoms with Gasteiger partial charge in [-0.05, 0) is 37.1 Å². The lowest BCUT2D eigenvalue weighted by Crippen LogP contribution is -2.23. The van der Waals surface area contributed by atoms with Crippen molar-refractivity contribution in [3.05, 3.63) is 40.7 Å². The lowest BCUT2D eigenvalue weighted by molar-refractivity contribution is 0.370. The molecule has 1 saturated heterocycles. The van der Waals surface area contributed by atoms with Crippen molar-refractivity contribution >= 4 is 15.9 Å². The van der Waals surface area contributed by atoms with Crippen LogP contribution in [0.5, 0.6) is 0 Å². The highest BCUT2D eigenvalue weighted by Gasteiger charge is 2.19. The van der Waals surface area contributed by atoms with Crippen molar-refractivity contribution in [3.8, 4) is 11.1 Å². The van der Waals surface area contributed by atoms with Gasteiger partial charge in [0, 0.05) is 22.5 Å². The summed E-state index contributed by atoms with van der Waals surface area (Å²) in [5.41, 5.74) is 2.27. The topological polar surface area (TPSA) is 38.1 Å². The summed E-state index contributed by atoms with van der Waals surface area (Å²) >= 11 is 3.45. The van der Waals surface area contributed by atoms with Crippen molar-refractivity contribution in [3.63, 3.8) is 0 Å². The maximum Gasteiger partial charge on any atom is 0.146 e. The molecule has 4 heteroatoms. The molecule has 2 aromatic rings. The molecule has 3 rings (SSSR count). The molecule has 1 N–H and O–H groups in total. The van der Waals surface area contributed by atoms with Crippen LogP contribution in [0.15, 0.2) is 39.5 Å². The van der Waals surface area contributed by atoms with E-state index in [1.165, 1.54) is 12.8 Å². The van der Waals surface area contributed by atoms with E-state index in [1.54, 1.807) is 0 Å². The van der Waals surface area contributed by atoms with Crippen molar-refractivity contribution in [2.24, 2.45) is 0 Å². The van der Waals surface area contributed by atoms with Crippen molar-refractivity contribution in [2.45, 2.75) is 25.3 Å². The van der Waals surface area contributed by atoms with Crippen LogP contribution in [0, 0.1) is 0 Å². The first-order valence-corrected chi connectivity index (χ1v) is 7.05. The molecule has 1 aromatic carbocycles. The predicted octanol–water partition coefficient (Wildman–Crippen LogP) is 3.40. The second-order valence-corrected chi connectivity index (χ2v) is 5.58. The third-order valence-electron chi connectivity index (χ3n) is 3.39. The standard InChI is InChI=1S/C14H15BrN2O/c15-11-5-3-10(4-6-11)13-9-17-18-14(13)8-12-2-1-7-16-12/h3-6,9,12,16H,1-2,7-8H2. The lowest BCUT2D eigenvalue weighted by atomic mass is 10.0. The summed E-state index contributed by atoms with van der Waals surface area (Å²) in [7, 11) is 0. The van der Waals surface area contributed by atoms with E-state index in [0.29, 0.717) is 6.04 Å². The van der Waals surface area contributed by atoms with Crippen molar-refractivity contribution in [2.75, 3.05) is 6.54 Å². The van der Waals surface area contributed by atoms with Gasteiger partial charge in [0.2, 0.25) is 0 Å². The highest BCUT2D eigenvalue weighted by Crippen LogP contribution is 2.27. The van der Waals surface area contributed by atoms with E-state index in [2.05, 4.69) is 38.5 Å². The van der Waals surface area contributed by atoms with Crippen LogP contribution in [0.4, 0.5) is 0 Å². The number of hydrogen-bond donors (Lipinski definition) is 1. The first-order valence-electron chi connectivity index (χ1n) is 6.26. The van der Waals surface area contributed by atoms with Gasteiger partial charge in [-0.2, -0.15) is 0 Å². The normalized spacial score (nSPS) is 19.3. The van der Waals surface area contributed by atoms with Crippen molar-refractivity contribution in [1.29, 1.82) is 0 Å². The number of aromatic nitrogens is 1. The zero-order valence-corrected chi connectivity index (χ0v) is 11.6. The molecular formula is C14H15BrN2O. The van der Waals surface area contributed by atoms with E-state index < -0.39 is 0 Å². The maximum absolute atomic E-state index is 5.41. The Kier molecular flexibility index (Phi) is 3.48. The highest BCUT2D eigenvalue weighted by molar-refractivity contribution is 9.10. The minimum atomic E-state index is 0.534. The number of halogens is 1. The molecule has 1 aliphatic heterocycles. The van der Waals surface area contributed by atoms with Crippen LogP contribution in [0.25, 0.3) is 11.1 Å². The highest BCUT2D eigenvalue weighted by atomic mass is 79.9. The van der Waals surface area contributed by atoms with Crippen LogP contribution >= 0.6 is 15.9 Å². The first kappa shape index (κ1) is 11.9. The molecule has 94 valence electrons. The van der Waals surface area contributed by atoms with Crippen molar-refractivity contribution < 1.29 is 4.52 Å². The predicted molar refractivity (Wildman–Crippen MR) is 74.4 cm³/mol. The van der Waals surface area contributed by atoms with Gasteiger partial charge in [-0.15, -0.1) is 0 Å². The molecule has 3 nitrogen and oxygen atoms in total. The molecule has 0 radical (unpaired) electrons. The molecule has 1 unspecified atom stereocenters. The van der Waals surface area contributed by atoms with Gasteiger partial charge < -0.3 is 9.84 Å². The first-order chi connectivity index (χ1) is 8.83. The summed E-state index contributed by atoms with van der Waals surface area (Å²) in [4.78, 5) is 0. The second-order valence-electron chi connectivity index (χ2n) is 4.67. The number of nitrogens with zero attached hydrogens (tertiary/aromatic N) is 1. The minimum absolute atomic E-state index is 0.534. The van der Waals surface area contributed by atoms with E-state index >= 15 is 0 Å². The van der Waals surface area contributed by atoms with E-state index in [9.17, 15) is 0 Å². The van der Waals surface area contributed by atoms with E-state index in [0.717, 1.165) is 34.3 Å². The Balaban J connectivity index is 1.84. The molecule has 18 heavy (non-hydrogen) atoms. The Morgan fingerprint density at radius 1 is 1.33 bits per heavy atom. The van der Waals surface area contributed by atoms with Crippen LogP contribution in [-0.2, 0) is 6.42 Å². The maximum atomic E-state index is 5.41. The van der Waals surface area contributed by atoms with Gasteiger partial charge in [-0.3, -0.25) is 0 Å². The quantitative estimate of drug-likeness (QED) is 0.944. The summed E-state index contributed by atoms with van der Waals surface area (Å²) in [6.07, 6.45) is 5.21. The van der Waals surface area contributed by atoms with Crippen LogP contribution in [0.1, 0.15) is 18.6 Å². The molecule has 1 aliphatic rings. The van der Waals surface area contributed by atoms with Gasteiger partial charge in [0.15, 0.2) is 0 Å². The minimum Gasteiger partial charge on any atom is -0.361 e. The molecule has 1 aromatic heterocycles. The summed E-state index contributed by atoms with van der Waals surface area (Å²) in [5.74, 6) is 0.983. The fraction of sp³-hybridized carbons (Fsp3) is 0.357. The van der Waals surface area contributed by atoms with E-state index in [4.69, 9.17) is 4.52 Å². The number of benzene rings is 1. The molecule has 0 aliphatic carbocycles. The average molecular weight is 307 g/mol. The number of rotatable bonds is 3. The summed E-state index contributed by atoms with van der Waals surface area (Å²) in [6, 6.07) is 8.79. The van der Waals surface area contributed by atoms with Gasteiger partial charge in [-0.1, -0.05) is 33.2 Å². The van der Waals surface area contributed by atoms with Gasteiger partial charge in [-0.25, -0.2) is 0 Å². The SMILES string of the molecule is Brc1ccc(-c2cnoc2CC2CCCN2)cc1. The average Bonchev–Trinajstić information content (AvgIpc) is 3.02. The molecule has 0 amide bonds. The van der Waals surface area contributed by atoms with E-state index in [1.807, 2.05) is 18.3 Å². The third-order valence-corrected chi connectivity index (χ3v) is 3.92. The smallest absolute Gasteiger partial charge is 0.146 e. The molecule has 1 fully saturated rings. The summed E-state index contributed by atoms with van der Waals surface area (Å²) in [6.45, 7) is 1.12. The molecule has 0 bridgehead atoms. The Morgan fingerprint density at radius 3 is 2.89 bits per heavy atom. The van der Waals surface area contributed by atoms with Crippen LogP contribution in [0.2, 0.25) is 0 Å².